The minimum Gasteiger partial charge on any atom is -0.450 e. The Bertz CT molecular complexity index is 953. The lowest BCUT2D eigenvalue weighted by Crippen LogP contribution is -2.48. The Kier molecular flexibility index (Phi) is 12.6. The molecule has 0 radical (unpaired) electrons. The van der Waals surface area contributed by atoms with E-state index in [9.17, 15) is 14.0 Å². The van der Waals surface area contributed by atoms with Crippen LogP contribution in [-0.4, -0.2) is 110 Å². The van der Waals surface area contributed by atoms with Crippen molar-refractivity contribution in [3.63, 3.8) is 0 Å². The van der Waals surface area contributed by atoms with Gasteiger partial charge in [0.1, 0.15) is 5.82 Å². The Morgan fingerprint density at radius 1 is 0.889 bits per heavy atom. The third-order valence-electron chi connectivity index (χ3n) is 5.76. The molecule has 9 heteroatoms. The number of piperazine rings is 2. The molecule has 2 fully saturated rings. The number of benzene rings is 1. The summed E-state index contributed by atoms with van der Waals surface area (Å²) < 4.78 is 23.5. The van der Waals surface area contributed by atoms with Gasteiger partial charge in [0, 0.05) is 52.4 Å². The maximum Gasteiger partial charge on any atom is 0.409 e. The lowest BCUT2D eigenvalue weighted by atomic mass is 10.1. The highest BCUT2D eigenvalue weighted by molar-refractivity contribution is 5.68. The van der Waals surface area contributed by atoms with Crippen LogP contribution in [0.3, 0.4) is 0 Å². The van der Waals surface area contributed by atoms with Crippen LogP contribution in [0.2, 0.25) is 0 Å². The molecule has 1 aromatic rings. The Morgan fingerprint density at radius 3 is 1.86 bits per heavy atom. The zero-order valence-corrected chi connectivity index (χ0v) is 21.6. The first-order chi connectivity index (χ1) is 17.4. The summed E-state index contributed by atoms with van der Waals surface area (Å²) in [5, 5.41) is 0. The van der Waals surface area contributed by atoms with Crippen LogP contribution in [0.5, 0.6) is 0 Å². The molecule has 0 bridgehead atoms. The van der Waals surface area contributed by atoms with Gasteiger partial charge in [-0.15, -0.1) is 6.42 Å². The molecule has 1 aromatic carbocycles. The van der Waals surface area contributed by atoms with Crippen molar-refractivity contribution in [2.75, 3.05) is 78.7 Å². The van der Waals surface area contributed by atoms with Crippen molar-refractivity contribution < 1.29 is 23.5 Å². The molecule has 0 aromatic heterocycles. The first kappa shape index (κ1) is 29.0. The first-order valence-electron chi connectivity index (χ1n) is 12.3. The van der Waals surface area contributed by atoms with E-state index < -0.39 is 0 Å². The molecular formula is C27H37FN4O4. The smallest absolute Gasteiger partial charge is 0.409 e. The minimum atomic E-state index is -0.287. The molecule has 0 atom stereocenters. The van der Waals surface area contributed by atoms with Crippen LogP contribution in [-0.2, 0) is 9.47 Å². The second kappa shape index (κ2) is 15.7. The summed E-state index contributed by atoms with van der Waals surface area (Å²) in [6.45, 7) is 13.5. The average Bonchev–Trinajstić information content (AvgIpc) is 2.88. The number of nitrogens with zero attached hydrogens (tertiary/aromatic N) is 4. The van der Waals surface area contributed by atoms with Gasteiger partial charge in [0.2, 0.25) is 0 Å². The van der Waals surface area contributed by atoms with Crippen LogP contribution < -0.4 is 0 Å². The maximum atomic E-state index is 13.6. The second-order valence-corrected chi connectivity index (χ2v) is 8.41. The number of amides is 2. The van der Waals surface area contributed by atoms with Gasteiger partial charge in [0.25, 0.3) is 0 Å². The monoisotopic (exact) mass is 500 g/mol. The normalized spacial score (nSPS) is 16.1. The molecule has 0 spiro atoms. The van der Waals surface area contributed by atoms with E-state index in [0.29, 0.717) is 58.0 Å². The van der Waals surface area contributed by atoms with Crippen molar-refractivity contribution in [1.29, 1.82) is 0 Å². The third kappa shape index (κ3) is 9.77. The van der Waals surface area contributed by atoms with Crippen LogP contribution >= 0.6 is 0 Å². The van der Waals surface area contributed by atoms with Gasteiger partial charge >= 0.3 is 12.2 Å². The number of carbonyl (C=O) groups is 2. The van der Waals surface area contributed by atoms with Gasteiger partial charge in [0.05, 0.1) is 31.9 Å². The highest BCUT2D eigenvalue weighted by atomic mass is 19.1. The zero-order valence-electron chi connectivity index (χ0n) is 21.6. The van der Waals surface area contributed by atoms with E-state index in [0.717, 1.165) is 31.7 Å². The molecule has 36 heavy (non-hydrogen) atoms. The first-order valence-corrected chi connectivity index (χ1v) is 12.3. The van der Waals surface area contributed by atoms with Crippen LogP contribution in [0.25, 0.3) is 0 Å². The molecule has 0 aliphatic carbocycles. The molecule has 8 nitrogen and oxygen atoms in total. The van der Waals surface area contributed by atoms with Crippen molar-refractivity contribution in [3.05, 3.63) is 35.1 Å². The van der Waals surface area contributed by atoms with Gasteiger partial charge in [-0.05, 0) is 38.5 Å². The van der Waals surface area contributed by atoms with Crippen molar-refractivity contribution in [2.24, 2.45) is 0 Å². The molecule has 3 rings (SSSR count). The molecule has 2 aliphatic heterocycles. The average molecular weight is 501 g/mol. The summed E-state index contributed by atoms with van der Waals surface area (Å²) in [7, 11) is 0. The number of halogens is 1. The van der Waals surface area contributed by atoms with E-state index in [1.165, 1.54) is 6.07 Å². The van der Waals surface area contributed by atoms with E-state index >= 15 is 0 Å². The fraction of sp³-hybridized carbons (Fsp3) is 0.556. The fourth-order valence-corrected chi connectivity index (χ4v) is 3.72. The number of hydrogen-bond donors (Lipinski definition) is 0. The van der Waals surface area contributed by atoms with E-state index in [1.54, 1.807) is 28.9 Å². The van der Waals surface area contributed by atoms with Gasteiger partial charge in [-0.1, -0.05) is 23.8 Å². The largest absolute Gasteiger partial charge is 0.450 e. The van der Waals surface area contributed by atoms with Crippen molar-refractivity contribution in [3.8, 4) is 24.2 Å². The number of ether oxygens (including phenoxy) is 2. The molecule has 0 saturated carbocycles. The predicted octanol–water partition coefficient (Wildman–Crippen LogP) is 2.65. The number of terminal acetylenes is 1. The molecule has 2 heterocycles. The van der Waals surface area contributed by atoms with Crippen LogP contribution in [0.1, 0.15) is 25.0 Å². The van der Waals surface area contributed by atoms with Gasteiger partial charge in [-0.25, -0.2) is 14.0 Å². The Balaban J connectivity index is 0.000000281. The van der Waals surface area contributed by atoms with Gasteiger partial charge < -0.3 is 19.3 Å². The van der Waals surface area contributed by atoms with Gasteiger partial charge in [-0.3, -0.25) is 9.80 Å². The lowest BCUT2D eigenvalue weighted by molar-refractivity contribution is 0.0823. The minimum absolute atomic E-state index is 0.215. The predicted molar refractivity (Wildman–Crippen MR) is 137 cm³/mol. The Labute approximate surface area is 214 Å². The summed E-state index contributed by atoms with van der Waals surface area (Å²) in [5.74, 6) is 8.20. The zero-order chi connectivity index (χ0) is 26.3. The molecule has 2 amide bonds. The van der Waals surface area contributed by atoms with Crippen LogP contribution in [0.15, 0.2) is 18.2 Å². The highest BCUT2D eigenvalue weighted by Crippen LogP contribution is 2.09. The number of aryl methyl sites for hydroxylation is 1. The van der Waals surface area contributed by atoms with Crippen LogP contribution in [0, 0.1) is 36.9 Å². The number of carbonyl (C=O) groups excluding carboxylic acids is 2. The SMILES string of the molecule is C#CCN1CCN(C(=O)OCC)CC1.CCOC(=O)N1CCN(CC#Cc2cc(C)ccc2F)CC1. The highest BCUT2D eigenvalue weighted by Gasteiger charge is 2.22. The summed E-state index contributed by atoms with van der Waals surface area (Å²) in [5.41, 5.74) is 1.43. The topological polar surface area (TPSA) is 65.6 Å². The van der Waals surface area contributed by atoms with E-state index in [-0.39, 0.29) is 18.0 Å². The summed E-state index contributed by atoms with van der Waals surface area (Å²) in [4.78, 5) is 30.6. The number of rotatable bonds is 4. The summed E-state index contributed by atoms with van der Waals surface area (Å²) >= 11 is 0. The van der Waals surface area contributed by atoms with Gasteiger partial charge in [-0.2, -0.15) is 0 Å². The van der Waals surface area contributed by atoms with Crippen molar-refractivity contribution >= 4 is 12.2 Å². The van der Waals surface area contributed by atoms with E-state index in [4.69, 9.17) is 15.9 Å². The lowest BCUT2D eigenvalue weighted by Gasteiger charge is -2.32. The molecule has 0 unspecified atom stereocenters. The van der Waals surface area contributed by atoms with Crippen molar-refractivity contribution in [2.45, 2.75) is 20.8 Å². The molecule has 0 N–H and O–H groups in total. The standard InChI is InChI=1S/C17H21FN2O2.C10H16N2O2/c1-3-22-17(21)20-11-9-19(10-12-20)8-4-5-15-13-14(2)6-7-16(15)18;1-3-5-11-6-8-12(9-7-11)10(13)14-4-2/h6-7,13H,3,8-12H2,1-2H3;1H,4-9H2,2H3. The van der Waals surface area contributed by atoms with Crippen molar-refractivity contribution in [1.82, 2.24) is 19.6 Å². The Morgan fingerprint density at radius 2 is 1.39 bits per heavy atom. The molecular weight excluding hydrogens is 463 g/mol. The molecule has 196 valence electrons. The van der Waals surface area contributed by atoms with E-state index in [2.05, 4.69) is 27.6 Å². The molecule has 2 aliphatic rings. The summed E-state index contributed by atoms with van der Waals surface area (Å²) in [6, 6.07) is 4.92. The maximum absolute atomic E-state index is 13.6. The Hall–Kier alpha value is -3.27. The van der Waals surface area contributed by atoms with Crippen LogP contribution in [0.4, 0.5) is 14.0 Å². The quantitative estimate of drug-likeness (QED) is 0.593. The number of hydrogen-bond acceptors (Lipinski definition) is 6. The van der Waals surface area contributed by atoms with E-state index in [1.807, 2.05) is 13.8 Å². The third-order valence-corrected chi connectivity index (χ3v) is 5.76. The second-order valence-electron chi connectivity index (χ2n) is 8.41. The molecule has 2 saturated heterocycles. The fourth-order valence-electron chi connectivity index (χ4n) is 3.72. The summed E-state index contributed by atoms with van der Waals surface area (Å²) in [6.07, 6.45) is 4.74. The van der Waals surface area contributed by atoms with Gasteiger partial charge in [0.15, 0.2) is 0 Å².